The summed E-state index contributed by atoms with van der Waals surface area (Å²) >= 11 is 0. The molecule has 128 valence electrons. The molecule has 0 spiro atoms. The van der Waals surface area contributed by atoms with Gasteiger partial charge in [0.05, 0.1) is 13.2 Å². The highest BCUT2D eigenvalue weighted by Gasteiger charge is 2.10. The number of ether oxygens (including phenoxy) is 2. The van der Waals surface area contributed by atoms with Gasteiger partial charge in [0.2, 0.25) is 0 Å². The lowest BCUT2D eigenvalue weighted by Gasteiger charge is -2.13. The number of hydrogen-bond donors (Lipinski definition) is 2. The summed E-state index contributed by atoms with van der Waals surface area (Å²) in [6, 6.07) is 12.9. The molecule has 24 heavy (non-hydrogen) atoms. The van der Waals surface area contributed by atoms with Gasteiger partial charge in [0.1, 0.15) is 11.5 Å². The third kappa shape index (κ3) is 4.99. The number of aliphatic carboxylic acids is 1. The highest BCUT2D eigenvalue weighted by atomic mass is 16.5. The normalized spacial score (nSPS) is 11.8. The van der Waals surface area contributed by atoms with Crippen LogP contribution in [-0.4, -0.2) is 29.9 Å². The van der Waals surface area contributed by atoms with E-state index < -0.39 is 18.7 Å². The van der Waals surface area contributed by atoms with E-state index in [1.807, 2.05) is 25.1 Å². The van der Waals surface area contributed by atoms with E-state index in [1.165, 1.54) is 0 Å². The summed E-state index contributed by atoms with van der Waals surface area (Å²) in [6.45, 7) is 1.59. The number of aryl methyl sites for hydroxylation is 2. The third-order valence-electron chi connectivity index (χ3n) is 3.78. The lowest BCUT2D eigenvalue weighted by atomic mass is 10.0. The summed E-state index contributed by atoms with van der Waals surface area (Å²) in [4.78, 5) is 10.5. The molecule has 0 radical (unpaired) electrons. The summed E-state index contributed by atoms with van der Waals surface area (Å²) in [5.41, 5.74) is 2.87. The highest BCUT2D eigenvalue weighted by molar-refractivity contribution is 5.68. The molecule has 0 heterocycles. The number of aliphatic hydroxyl groups is 1. The molecule has 5 heteroatoms. The molecule has 5 nitrogen and oxygen atoms in total. The molecule has 0 amide bonds. The van der Waals surface area contributed by atoms with Crippen LogP contribution in [0.5, 0.6) is 11.5 Å². The number of methoxy groups -OCH3 is 1. The first-order valence-electron chi connectivity index (χ1n) is 7.75. The number of carbonyl (C=O) groups is 1. The van der Waals surface area contributed by atoms with Gasteiger partial charge in [0, 0.05) is 0 Å². The lowest BCUT2D eigenvalue weighted by Crippen LogP contribution is -2.09. The van der Waals surface area contributed by atoms with Crippen LogP contribution in [0.25, 0.3) is 0 Å². The summed E-state index contributed by atoms with van der Waals surface area (Å²) in [7, 11) is 1.64. The van der Waals surface area contributed by atoms with Crippen molar-refractivity contribution in [3.05, 3.63) is 59.2 Å². The van der Waals surface area contributed by atoms with Gasteiger partial charge in [-0.3, -0.25) is 0 Å². The van der Waals surface area contributed by atoms with Crippen LogP contribution in [0.2, 0.25) is 0 Å². The van der Waals surface area contributed by atoms with E-state index >= 15 is 0 Å². The number of carboxylic acids is 1. The van der Waals surface area contributed by atoms with Crippen molar-refractivity contribution in [3.8, 4) is 11.5 Å². The van der Waals surface area contributed by atoms with Crippen molar-refractivity contribution in [2.75, 3.05) is 13.7 Å². The van der Waals surface area contributed by atoms with Gasteiger partial charge in [0.25, 0.3) is 0 Å². The molecule has 2 rings (SSSR count). The molecule has 0 aromatic heterocycles. The fourth-order valence-corrected chi connectivity index (χ4v) is 2.45. The average molecular weight is 330 g/mol. The number of hydrogen-bond acceptors (Lipinski definition) is 4. The SMILES string of the molecule is COc1cc(CC[C@@H](O)c2cccc(OCC(=O)O)c2)ccc1C. The molecule has 2 N–H and O–H groups in total. The molecular weight excluding hydrogens is 308 g/mol. The van der Waals surface area contributed by atoms with Crippen molar-refractivity contribution in [3.63, 3.8) is 0 Å². The molecule has 0 aliphatic rings. The van der Waals surface area contributed by atoms with Gasteiger partial charge in [-0.05, 0) is 54.7 Å². The summed E-state index contributed by atoms with van der Waals surface area (Å²) in [5, 5.41) is 19.0. The summed E-state index contributed by atoms with van der Waals surface area (Å²) in [6.07, 6.45) is 0.609. The predicted octanol–water partition coefficient (Wildman–Crippen LogP) is 3.13. The highest BCUT2D eigenvalue weighted by Crippen LogP contribution is 2.25. The Hall–Kier alpha value is -2.53. The van der Waals surface area contributed by atoms with Gasteiger partial charge in [-0.2, -0.15) is 0 Å². The summed E-state index contributed by atoms with van der Waals surface area (Å²) in [5.74, 6) is 0.242. The first kappa shape index (κ1) is 17.8. The van der Waals surface area contributed by atoms with Crippen LogP contribution in [0.3, 0.4) is 0 Å². The minimum atomic E-state index is -1.03. The predicted molar refractivity (Wildman–Crippen MR) is 90.6 cm³/mol. The van der Waals surface area contributed by atoms with Crippen LogP contribution in [0.15, 0.2) is 42.5 Å². The number of aliphatic hydroxyl groups excluding tert-OH is 1. The summed E-state index contributed by atoms with van der Waals surface area (Å²) < 4.78 is 10.4. The maximum atomic E-state index is 10.5. The molecule has 2 aromatic rings. The number of benzene rings is 2. The van der Waals surface area contributed by atoms with E-state index in [4.69, 9.17) is 14.6 Å². The van der Waals surface area contributed by atoms with Gasteiger partial charge in [-0.1, -0.05) is 24.3 Å². The minimum absolute atomic E-state index is 0.400. The monoisotopic (exact) mass is 330 g/mol. The van der Waals surface area contributed by atoms with Crippen molar-refractivity contribution in [1.82, 2.24) is 0 Å². The quantitative estimate of drug-likeness (QED) is 0.778. The zero-order valence-corrected chi connectivity index (χ0v) is 13.9. The van der Waals surface area contributed by atoms with Crippen molar-refractivity contribution < 1.29 is 24.5 Å². The second kappa shape index (κ2) is 8.36. The standard InChI is InChI=1S/C19H22O5/c1-13-6-7-14(10-18(13)23-2)8-9-17(20)15-4-3-5-16(11-15)24-12-19(21)22/h3-7,10-11,17,20H,8-9,12H2,1-2H3,(H,21,22)/t17-/m1/s1. The Bertz CT molecular complexity index is 696. The lowest BCUT2D eigenvalue weighted by molar-refractivity contribution is -0.139. The molecule has 0 fully saturated rings. The first-order chi connectivity index (χ1) is 11.5. The van der Waals surface area contributed by atoms with Gasteiger partial charge in [-0.25, -0.2) is 4.79 Å². The topological polar surface area (TPSA) is 76.0 Å². The van der Waals surface area contributed by atoms with Crippen molar-refractivity contribution in [2.45, 2.75) is 25.9 Å². The smallest absolute Gasteiger partial charge is 0.341 e. The second-order valence-corrected chi connectivity index (χ2v) is 5.61. The zero-order valence-electron chi connectivity index (χ0n) is 13.9. The van der Waals surface area contributed by atoms with Crippen LogP contribution in [0, 0.1) is 6.92 Å². The van der Waals surface area contributed by atoms with Crippen LogP contribution >= 0.6 is 0 Å². The van der Waals surface area contributed by atoms with E-state index in [2.05, 4.69) is 0 Å². The Labute approximate surface area is 141 Å². The Morgan fingerprint density at radius 2 is 2.00 bits per heavy atom. The molecule has 0 unspecified atom stereocenters. The maximum absolute atomic E-state index is 10.5. The van der Waals surface area contributed by atoms with Gasteiger partial charge in [0.15, 0.2) is 6.61 Å². The molecular formula is C19H22O5. The maximum Gasteiger partial charge on any atom is 0.341 e. The second-order valence-electron chi connectivity index (χ2n) is 5.61. The van der Waals surface area contributed by atoms with E-state index in [9.17, 15) is 9.90 Å². The third-order valence-corrected chi connectivity index (χ3v) is 3.78. The van der Waals surface area contributed by atoms with Gasteiger partial charge in [-0.15, -0.1) is 0 Å². The van der Waals surface area contributed by atoms with E-state index in [0.717, 1.165) is 16.9 Å². The molecule has 0 bridgehead atoms. The number of rotatable bonds is 8. The largest absolute Gasteiger partial charge is 0.496 e. The Morgan fingerprint density at radius 3 is 2.71 bits per heavy atom. The fraction of sp³-hybridized carbons (Fsp3) is 0.316. The molecule has 0 saturated heterocycles. The molecule has 0 aliphatic heterocycles. The molecule has 0 aliphatic carbocycles. The molecule has 2 aromatic carbocycles. The van der Waals surface area contributed by atoms with E-state index in [0.29, 0.717) is 24.2 Å². The van der Waals surface area contributed by atoms with Gasteiger partial charge < -0.3 is 19.7 Å². The van der Waals surface area contributed by atoms with Crippen LogP contribution in [0.1, 0.15) is 29.2 Å². The fourth-order valence-electron chi connectivity index (χ4n) is 2.45. The van der Waals surface area contributed by atoms with Crippen molar-refractivity contribution in [1.29, 1.82) is 0 Å². The van der Waals surface area contributed by atoms with Crippen LogP contribution in [0.4, 0.5) is 0 Å². The number of carboxylic acid groups (broad SMARTS) is 1. The van der Waals surface area contributed by atoms with Gasteiger partial charge >= 0.3 is 5.97 Å². The van der Waals surface area contributed by atoms with Crippen molar-refractivity contribution >= 4 is 5.97 Å². The Balaban J connectivity index is 1.98. The zero-order chi connectivity index (χ0) is 17.5. The van der Waals surface area contributed by atoms with Crippen LogP contribution in [-0.2, 0) is 11.2 Å². The minimum Gasteiger partial charge on any atom is -0.496 e. The van der Waals surface area contributed by atoms with E-state index in [1.54, 1.807) is 31.4 Å². The average Bonchev–Trinajstić information content (AvgIpc) is 2.59. The molecule has 1 atom stereocenters. The molecule has 0 saturated carbocycles. The Morgan fingerprint density at radius 1 is 1.21 bits per heavy atom. The first-order valence-corrected chi connectivity index (χ1v) is 7.75. The Kier molecular flexibility index (Phi) is 6.21. The van der Waals surface area contributed by atoms with E-state index in [-0.39, 0.29) is 0 Å². The van der Waals surface area contributed by atoms with Crippen molar-refractivity contribution in [2.24, 2.45) is 0 Å². The van der Waals surface area contributed by atoms with Crippen LogP contribution < -0.4 is 9.47 Å².